The van der Waals surface area contributed by atoms with E-state index in [4.69, 9.17) is 19.9 Å². The number of esters is 1. The second kappa shape index (κ2) is 9.39. The Kier molecular flexibility index (Phi) is 7.21. The van der Waals surface area contributed by atoms with Crippen LogP contribution >= 0.6 is 0 Å². The van der Waals surface area contributed by atoms with Crippen LogP contribution in [0.5, 0.6) is 5.75 Å². The molecular formula is C18H26N2O5. The maximum atomic E-state index is 12.2. The van der Waals surface area contributed by atoms with Gasteiger partial charge in [-0.3, -0.25) is 4.79 Å². The van der Waals surface area contributed by atoms with E-state index in [0.717, 1.165) is 5.56 Å². The van der Waals surface area contributed by atoms with Crippen molar-refractivity contribution in [3.8, 4) is 5.75 Å². The van der Waals surface area contributed by atoms with Crippen LogP contribution in [-0.2, 0) is 25.5 Å². The lowest BCUT2D eigenvalue weighted by molar-refractivity contribution is -0.145. The van der Waals surface area contributed by atoms with Gasteiger partial charge in [-0.25, -0.2) is 4.79 Å². The zero-order valence-corrected chi connectivity index (χ0v) is 14.6. The predicted octanol–water partition coefficient (Wildman–Crippen LogP) is 0.795. The normalized spacial score (nSPS) is 16.1. The van der Waals surface area contributed by atoms with E-state index in [9.17, 15) is 9.59 Å². The number of benzene rings is 1. The molecule has 1 fully saturated rings. The van der Waals surface area contributed by atoms with Gasteiger partial charge in [0, 0.05) is 19.8 Å². The van der Waals surface area contributed by atoms with Crippen LogP contribution in [0.3, 0.4) is 0 Å². The van der Waals surface area contributed by atoms with Gasteiger partial charge in [-0.1, -0.05) is 12.1 Å². The summed E-state index contributed by atoms with van der Waals surface area (Å²) in [7, 11) is 0. The standard InChI is InChI=1S/C18H26N2O5/c1-2-24-16(21)13-25-15-5-3-14(4-6-15)7-10-20-17(22)18(19)8-11-23-12-9-18/h3-6H,2,7-13,19H2,1H3,(H,20,22). The number of carbonyl (C=O) groups excluding carboxylic acids is 2. The third-order valence-corrected chi connectivity index (χ3v) is 4.12. The van der Waals surface area contributed by atoms with E-state index >= 15 is 0 Å². The fraction of sp³-hybridized carbons (Fsp3) is 0.556. The molecule has 0 spiro atoms. The Hall–Kier alpha value is -2.12. The highest BCUT2D eigenvalue weighted by Gasteiger charge is 2.35. The maximum Gasteiger partial charge on any atom is 0.344 e. The number of carbonyl (C=O) groups is 2. The highest BCUT2D eigenvalue weighted by Crippen LogP contribution is 2.18. The molecule has 7 heteroatoms. The molecule has 1 amide bonds. The quantitative estimate of drug-likeness (QED) is 0.673. The minimum absolute atomic E-state index is 0.106. The summed E-state index contributed by atoms with van der Waals surface area (Å²) in [5.74, 6) is 0.0901. The van der Waals surface area contributed by atoms with E-state index in [0.29, 0.717) is 51.4 Å². The molecule has 0 radical (unpaired) electrons. The Morgan fingerprint density at radius 3 is 2.56 bits per heavy atom. The molecule has 1 heterocycles. The lowest BCUT2D eigenvalue weighted by Gasteiger charge is -2.31. The first-order valence-corrected chi connectivity index (χ1v) is 8.56. The summed E-state index contributed by atoms with van der Waals surface area (Å²) in [6.45, 7) is 3.55. The van der Waals surface area contributed by atoms with E-state index in [2.05, 4.69) is 5.32 Å². The van der Waals surface area contributed by atoms with Gasteiger partial charge in [0.2, 0.25) is 5.91 Å². The number of rotatable bonds is 8. The second-order valence-corrected chi connectivity index (χ2v) is 6.01. The summed E-state index contributed by atoms with van der Waals surface area (Å²) in [6.07, 6.45) is 1.78. The number of nitrogens with two attached hydrogens (primary N) is 1. The minimum atomic E-state index is -0.816. The van der Waals surface area contributed by atoms with E-state index in [1.54, 1.807) is 19.1 Å². The number of amides is 1. The fourth-order valence-corrected chi connectivity index (χ4v) is 2.56. The van der Waals surface area contributed by atoms with Gasteiger partial charge in [-0.15, -0.1) is 0 Å². The molecule has 25 heavy (non-hydrogen) atoms. The zero-order chi connectivity index (χ0) is 18.1. The van der Waals surface area contributed by atoms with Crippen molar-refractivity contribution in [1.29, 1.82) is 0 Å². The molecule has 2 rings (SSSR count). The number of ether oxygens (including phenoxy) is 3. The molecule has 1 saturated heterocycles. The van der Waals surface area contributed by atoms with Crippen molar-refractivity contribution in [3.05, 3.63) is 29.8 Å². The van der Waals surface area contributed by atoms with Crippen molar-refractivity contribution >= 4 is 11.9 Å². The van der Waals surface area contributed by atoms with Crippen LogP contribution in [0.4, 0.5) is 0 Å². The SMILES string of the molecule is CCOC(=O)COc1ccc(CCNC(=O)C2(N)CCOCC2)cc1. The van der Waals surface area contributed by atoms with Crippen molar-refractivity contribution in [1.82, 2.24) is 5.32 Å². The van der Waals surface area contributed by atoms with E-state index in [-0.39, 0.29) is 12.5 Å². The highest BCUT2D eigenvalue weighted by molar-refractivity contribution is 5.86. The fourth-order valence-electron chi connectivity index (χ4n) is 2.56. The van der Waals surface area contributed by atoms with Crippen LogP contribution in [-0.4, -0.2) is 50.4 Å². The Balaban J connectivity index is 1.72. The monoisotopic (exact) mass is 350 g/mol. The summed E-state index contributed by atoms with van der Waals surface area (Å²) < 4.78 is 15.4. The third kappa shape index (κ3) is 6.03. The molecule has 0 aliphatic carbocycles. The van der Waals surface area contributed by atoms with Gasteiger partial charge in [-0.05, 0) is 43.9 Å². The largest absolute Gasteiger partial charge is 0.482 e. The first-order valence-electron chi connectivity index (χ1n) is 8.56. The number of nitrogens with one attached hydrogen (secondary N) is 1. The molecule has 1 aromatic carbocycles. The predicted molar refractivity (Wildman–Crippen MR) is 92.3 cm³/mol. The van der Waals surface area contributed by atoms with Crippen LogP contribution in [0.15, 0.2) is 24.3 Å². The zero-order valence-electron chi connectivity index (χ0n) is 14.6. The molecule has 0 unspecified atom stereocenters. The minimum Gasteiger partial charge on any atom is -0.482 e. The highest BCUT2D eigenvalue weighted by atomic mass is 16.6. The number of hydrogen-bond donors (Lipinski definition) is 2. The smallest absolute Gasteiger partial charge is 0.344 e. The average molecular weight is 350 g/mol. The summed E-state index contributed by atoms with van der Waals surface area (Å²) in [5, 5.41) is 2.90. The van der Waals surface area contributed by atoms with Crippen LogP contribution in [0.25, 0.3) is 0 Å². The van der Waals surface area contributed by atoms with Crippen LogP contribution in [0, 0.1) is 0 Å². The van der Waals surface area contributed by atoms with Crippen molar-refractivity contribution in [3.63, 3.8) is 0 Å². The molecule has 1 aromatic rings. The van der Waals surface area contributed by atoms with Gasteiger partial charge in [-0.2, -0.15) is 0 Å². The average Bonchev–Trinajstić information content (AvgIpc) is 2.62. The molecule has 3 N–H and O–H groups in total. The van der Waals surface area contributed by atoms with Crippen molar-refractivity contribution in [2.24, 2.45) is 5.73 Å². The van der Waals surface area contributed by atoms with Crippen molar-refractivity contribution in [2.45, 2.75) is 31.7 Å². The van der Waals surface area contributed by atoms with E-state index in [1.807, 2.05) is 12.1 Å². The van der Waals surface area contributed by atoms with Gasteiger partial charge in [0.1, 0.15) is 5.75 Å². The molecule has 138 valence electrons. The third-order valence-electron chi connectivity index (χ3n) is 4.12. The van der Waals surface area contributed by atoms with Crippen LogP contribution in [0.2, 0.25) is 0 Å². The molecule has 1 aliphatic rings. The summed E-state index contributed by atoms with van der Waals surface area (Å²) in [4.78, 5) is 23.5. The molecule has 1 aliphatic heterocycles. The lowest BCUT2D eigenvalue weighted by atomic mass is 9.90. The Morgan fingerprint density at radius 1 is 1.24 bits per heavy atom. The molecule has 0 atom stereocenters. The van der Waals surface area contributed by atoms with Gasteiger partial charge in [0.05, 0.1) is 12.1 Å². The van der Waals surface area contributed by atoms with Gasteiger partial charge in [0.25, 0.3) is 0 Å². The number of hydrogen-bond acceptors (Lipinski definition) is 6. The molecule has 0 aromatic heterocycles. The second-order valence-electron chi connectivity index (χ2n) is 6.01. The molecule has 0 saturated carbocycles. The molecule has 0 bridgehead atoms. The van der Waals surface area contributed by atoms with Crippen LogP contribution < -0.4 is 15.8 Å². The van der Waals surface area contributed by atoms with Gasteiger partial charge < -0.3 is 25.3 Å². The van der Waals surface area contributed by atoms with Crippen molar-refractivity contribution in [2.75, 3.05) is 33.0 Å². The Bertz CT molecular complexity index is 567. The lowest BCUT2D eigenvalue weighted by Crippen LogP contribution is -2.57. The van der Waals surface area contributed by atoms with E-state index in [1.165, 1.54) is 0 Å². The summed E-state index contributed by atoms with van der Waals surface area (Å²) >= 11 is 0. The Labute approximate surface area is 147 Å². The van der Waals surface area contributed by atoms with Gasteiger partial charge >= 0.3 is 5.97 Å². The molecular weight excluding hydrogens is 324 g/mol. The van der Waals surface area contributed by atoms with E-state index < -0.39 is 11.5 Å². The summed E-state index contributed by atoms with van der Waals surface area (Å²) in [6, 6.07) is 7.39. The topological polar surface area (TPSA) is 99.9 Å². The molecule has 7 nitrogen and oxygen atoms in total. The first-order chi connectivity index (χ1) is 12.0. The van der Waals surface area contributed by atoms with Gasteiger partial charge in [0.15, 0.2) is 6.61 Å². The maximum absolute atomic E-state index is 12.2. The summed E-state index contributed by atoms with van der Waals surface area (Å²) in [5.41, 5.74) is 6.38. The van der Waals surface area contributed by atoms with Crippen LogP contribution in [0.1, 0.15) is 25.3 Å². The van der Waals surface area contributed by atoms with Crippen molar-refractivity contribution < 1.29 is 23.8 Å². The first kappa shape index (κ1) is 19.2. The Morgan fingerprint density at radius 2 is 1.92 bits per heavy atom.